The van der Waals surface area contributed by atoms with Gasteiger partial charge in [0.1, 0.15) is 5.75 Å². The van der Waals surface area contributed by atoms with Crippen LogP contribution in [0, 0.1) is 5.92 Å². The van der Waals surface area contributed by atoms with Crippen molar-refractivity contribution in [3.05, 3.63) is 45.8 Å². The number of rotatable bonds is 6. The molecule has 0 spiro atoms. The van der Waals surface area contributed by atoms with Crippen LogP contribution in [0.1, 0.15) is 19.5 Å². The van der Waals surface area contributed by atoms with Gasteiger partial charge in [0, 0.05) is 11.0 Å². The summed E-state index contributed by atoms with van der Waals surface area (Å²) in [5, 5.41) is 3.84. The fraction of sp³-hybridized carbons (Fsp3) is 0.333. The van der Waals surface area contributed by atoms with Crippen molar-refractivity contribution in [1.82, 2.24) is 15.3 Å². The molecular weight excluding hydrogens is 354 g/mol. The number of hydrogen-bond donors (Lipinski definition) is 1. The van der Waals surface area contributed by atoms with Crippen LogP contribution in [0.4, 0.5) is 0 Å². The van der Waals surface area contributed by atoms with Crippen molar-refractivity contribution in [2.75, 3.05) is 6.54 Å². The standard InChI is InChI=1S/C15H17BrClN3O/c1-10(2)6-18-7-12-8-20-15(9-19-12)21-14-4-3-11(16)5-13(14)17/h3-5,8-10,18H,6-7H2,1-2H3. The van der Waals surface area contributed by atoms with E-state index in [9.17, 15) is 0 Å². The van der Waals surface area contributed by atoms with Crippen LogP contribution in [-0.4, -0.2) is 16.5 Å². The molecule has 0 amide bonds. The first-order valence-corrected chi connectivity index (χ1v) is 7.86. The summed E-state index contributed by atoms with van der Waals surface area (Å²) >= 11 is 9.45. The van der Waals surface area contributed by atoms with E-state index in [0.29, 0.717) is 29.1 Å². The molecule has 2 rings (SSSR count). The summed E-state index contributed by atoms with van der Waals surface area (Å²) in [4.78, 5) is 8.56. The summed E-state index contributed by atoms with van der Waals surface area (Å²) in [6.45, 7) is 5.98. The van der Waals surface area contributed by atoms with E-state index in [-0.39, 0.29) is 0 Å². The lowest BCUT2D eigenvalue weighted by Crippen LogP contribution is -2.19. The lowest BCUT2D eigenvalue weighted by molar-refractivity contribution is 0.458. The van der Waals surface area contributed by atoms with Crippen LogP contribution in [0.25, 0.3) is 0 Å². The molecule has 1 heterocycles. The van der Waals surface area contributed by atoms with Gasteiger partial charge in [-0.15, -0.1) is 0 Å². The van der Waals surface area contributed by atoms with Crippen molar-refractivity contribution in [3.8, 4) is 11.6 Å². The fourth-order valence-corrected chi connectivity index (χ4v) is 2.36. The Balaban J connectivity index is 1.95. The van der Waals surface area contributed by atoms with E-state index in [0.717, 1.165) is 16.7 Å². The van der Waals surface area contributed by atoms with Gasteiger partial charge in [-0.25, -0.2) is 4.98 Å². The maximum absolute atomic E-state index is 6.10. The summed E-state index contributed by atoms with van der Waals surface area (Å²) in [5.41, 5.74) is 0.880. The van der Waals surface area contributed by atoms with E-state index in [1.54, 1.807) is 24.5 Å². The number of hydrogen-bond acceptors (Lipinski definition) is 4. The second-order valence-corrected chi connectivity index (χ2v) is 6.37. The van der Waals surface area contributed by atoms with Crippen molar-refractivity contribution in [1.29, 1.82) is 0 Å². The molecule has 0 fully saturated rings. The Labute approximate surface area is 138 Å². The van der Waals surface area contributed by atoms with Crippen molar-refractivity contribution in [3.63, 3.8) is 0 Å². The van der Waals surface area contributed by atoms with Gasteiger partial charge >= 0.3 is 0 Å². The highest BCUT2D eigenvalue weighted by Gasteiger charge is 2.05. The van der Waals surface area contributed by atoms with Crippen LogP contribution >= 0.6 is 27.5 Å². The molecular formula is C15H17BrClN3O. The Bertz CT molecular complexity index is 590. The summed E-state index contributed by atoms with van der Waals surface area (Å²) < 4.78 is 6.52. The smallest absolute Gasteiger partial charge is 0.237 e. The maximum Gasteiger partial charge on any atom is 0.237 e. The second-order valence-electron chi connectivity index (χ2n) is 5.05. The van der Waals surface area contributed by atoms with Crippen LogP contribution in [0.5, 0.6) is 11.6 Å². The maximum atomic E-state index is 6.10. The molecule has 0 radical (unpaired) electrons. The van der Waals surface area contributed by atoms with E-state index in [4.69, 9.17) is 16.3 Å². The molecule has 0 atom stereocenters. The summed E-state index contributed by atoms with van der Waals surface area (Å²) in [6.07, 6.45) is 3.31. The summed E-state index contributed by atoms with van der Waals surface area (Å²) in [5.74, 6) is 1.59. The van der Waals surface area contributed by atoms with E-state index >= 15 is 0 Å². The van der Waals surface area contributed by atoms with Crippen molar-refractivity contribution in [2.24, 2.45) is 5.92 Å². The molecule has 1 aromatic heterocycles. The van der Waals surface area contributed by atoms with Gasteiger partial charge in [-0.2, -0.15) is 0 Å². The molecule has 0 aliphatic rings. The van der Waals surface area contributed by atoms with Gasteiger partial charge in [0.05, 0.1) is 23.1 Å². The average Bonchev–Trinajstić information content (AvgIpc) is 2.43. The SMILES string of the molecule is CC(C)CNCc1cnc(Oc2ccc(Br)cc2Cl)cn1. The van der Waals surface area contributed by atoms with E-state index in [2.05, 4.69) is 45.1 Å². The van der Waals surface area contributed by atoms with Gasteiger partial charge in [-0.3, -0.25) is 4.98 Å². The Kier molecular flexibility index (Phi) is 5.96. The molecule has 0 saturated carbocycles. The van der Waals surface area contributed by atoms with Crippen LogP contribution in [-0.2, 0) is 6.54 Å². The molecule has 0 unspecified atom stereocenters. The van der Waals surface area contributed by atoms with Crippen molar-refractivity contribution < 1.29 is 4.74 Å². The number of halogens is 2. The van der Waals surface area contributed by atoms with E-state index < -0.39 is 0 Å². The highest BCUT2D eigenvalue weighted by molar-refractivity contribution is 9.10. The minimum atomic E-state index is 0.423. The number of nitrogens with zero attached hydrogens (tertiary/aromatic N) is 2. The van der Waals surface area contributed by atoms with Crippen molar-refractivity contribution in [2.45, 2.75) is 20.4 Å². The third-order valence-corrected chi connectivity index (χ3v) is 3.44. The third-order valence-electron chi connectivity index (χ3n) is 2.65. The Morgan fingerprint density at radius 2 is 2.10 bits per heavy atom. The zero-order valence-corrected chi connectivity index (χ0v) is 14.3. The van der Waals surface area contributed by atoms with Crippen molar-refractivity contribution >= 4 is 27.5 Å². The number of ether oxygens (including phenoxy) is 1. The first-order chi connectivity index (χ1) is 10.0. The Morgan fingerprint density at radius 1 is 1.29 bits per heavy atom. The minimum Gasteiger partial charge on any atom is -0.436 e. The van der Waals surface area contributed by atoms with Crippen LogP contribution in [0.3, 0.4) is 0 Å². The highest BCUT2D eigenvalue weighted by atomic mass is 79.9. The minimum absolute atomic E-state index is 0.423. The quantitative estimate of drug-likeness (QED) is 0.817. The summed E-state index contributed by atoms with van der Waals surface area (Å²) in [6, 6.07) is 5.42. The molecule has 1 N–H and O–H groups in total. The molecule has 0 aliphatic heterocycles. The van der Waals surface area contributed by atoms with Gasteiger partial charge in [0.2, 0.25) is 5.88 Å². The summed E-state index contributed by atoms with van der Waals surface area (Å²) in [7, 11) is 0. The van der Waals surface area contributed by atoms with Gasteiger partial charge in [-0.05, 0) is 30.7 Å². The molecule has 0 bridgehead atoms. The predicted octanol–water partition coefficient (Wildman–Crippen LogP) is 4.43. The second kappa shape index (κ2) is 7.73. The number of benzene rings is 1. The lowest BCUT2D eigenvalue weighted by Gasteiger charge is -2.08. The molecule has 112 valence electrons. The molecule has 1 aromatic carbocycles. The first-order valence-electron chi connectivity index (χ1n) is 6.69. The van der Waals surface area contributed by atoms with Crippen LogP contribution in [0.2, 0.25) is 5.02 Å². The zero-order chi connectivity index (χ0) is 15.2. The monoisotopic (exact) mass is 369 g/mol. The largest absolute Gasteiger partial charge is 0.436 e. The van der Waals surface area contributed by atoms with E-state index in [1.807, 2.05) is 6.07 Å². The number of nitrogens with one attached hydrogen (secondary N) is 1. The first kappa shape index (κ1) is 16.2. The molecule has 0 saturated heterocycles. The van der Waals surface area contributed by atoms with Gasteiger partial charge in [0.15, 0.2) is 0 Å². The Morgan fingerprint density at radius 3 is 2.71 bits per heavy atom. The highest BCUT2D eigenvalue weighted by Crippen LogP contribution is 2.30. The predicted molar refractivity (Wildman–Crippen MR) is 87.8 cm³/mol. The fourth-order valence-electron chi connectivity index (χ4n) is 1.65. The molecule has 21 heavy (non-hydrogen) atoms. The Hall–Kier alpha value is -1.17. The third kappa shape index (κ3) is 5.26. The van der Waals surface area contributed by atoms with Gasteiger partial charge < -0.3 is 10.1 Å². The number of aromatic nitrogens is 2. The molecule has 6 heteroatoms. The zero-order valence-electron chi connectivity index (χ0n) is 11.9. The average molecular weight is 371 g/mol. The molecule has 2 aromatic rings. The van der Waals surface area contributed by atoms with E-state index in [1.165, 1.54) is 0 Å². The molecule has 4 nitrogen and oxygen atoms in total. The topological polar surface area (TPSA) is 47.0 Å². The lowest BCUT2D eigenvalue weighted by atomic mass is 10.2. The van der Waals surface area contributed by atoms with Gasteiger partial charge in [0.25, 0.3) is 0 Å². The normalized spacial score (nSPS) is 10.9. The van der Waals surface area contributed by atoms with Gasteiger partial charge in [-0.1, -0.05) is 41.4 Å². The van der Waals surface area contributed by atoms with Crippen LogP contribution < -0.4 is 10.1 Å². The molecule has 0 aliphatic carbocycles. The van der Waals surface area contributed by atoms with Crippen LogP contribution in [0.15, 0.2) is 35.1 Å².